The summed E-state index contributed by atoms with van der Waals surface area (Å²) >= 11 is 0. The van der Waals surface area contributed by atoms with Crippen molar-refractivity contribution >= 4 is 21.5 Å². The number of aryl methyl sites for hydroxylation is 1. The van der Waals surface area contributed by atoms with E-state index in [-0.39, 0.29) is 17.0 Å². The summed E-state index contributed by atoms with van der Waals surface area (Å²) in [5.74, 6) is 0.433. The highest BCUT2D eigenvalue weighted by Gasteiger charge is 2.65. The number of nitrogens with zero attached hydrogens (tertiary/aromatic N) is 1. The molecular weight excluding hydrogens is 360 g/mol. The molecule has 148 valence electrons. The summed E-state index contributed by atoms with van der Waals surface area (Å²) in [6.45, 7) is 6.15. The number of carbonyl (C=O) groups is 1. The number of para-hydroxylation sites is 1. The predicted molar refractivity (Wildman–Crippen MR) is 107 cm³/mol. The predicted octanol–water partition coefficient (Wildman–Crippen LogP) is 2.75. The summed E-state index contributed by atoms with van der Waals surface area (Å²) < 4.78 is 28.4. The lowest BCUT2D eigenvalue weighted by atomic mass is 9.70. The lowest BCUT2D eigenvalue weighted by Crippen LogP contribution is -2.46. The molecule has 5 nitrogen and oxygen atoms in total. The van der Waals surface area contributed by atoms with Crippen LogP contribution in [0.5, 0.6) is 0 Å². The second-order valence-corrected chi connectivity index (χ2v) is 10.8. The number of rotatable bonds is 6. The van der Waals surface area contributed by atoms with Crippen molar-refractivity contribution in [3.63, 3.8) is 0 Å². The fourth-order valence-electron chi connectivity index (χ4n) is 5.66. The Kier molecular flexibility index (Phi) is 4.62. The molecule has 4 rings (SSSR count). The highest BCUT2D eigenvalue weighted by Crippen LogP contribution is 2.64. The monoisotopic (exact) mass is 390 g/mol. The van der Waals surface area contributed by atoms with Crippen LogP contribution in [0.4, 0.5) is 5.69 Å². The van der Waals surface area contributed by atoms with E-state index in [4.69, 9.17) is 0 Å². The average molecular weight is 391 g/mol. The Hall–Kier alpha value is -1.40. The van der Waals surface area contributed by atoms with Crippen LogP contribution in [0.15, 0.2) is 24.3 Å². The molecule has 2 saturated carbocycles. The molecule has 2 aliphatic carbocycles. The first-order chi connectivity index (χ1) is 12.8. The largest absolute Gasteiger partial charge is 0.370 e. The lowest BCUT2D eigenvalue weighted by molar-refractivity contribution is -0.128. The fraction of sp³-hybridized carbons (Fsp3) is 0.667. The van der Waals surface area contributed by atoms with E-state index in [1.165, 1.54) is 11.3 Å². The Bertz CT molecular complexity index is 849. The number of nitrogens with one attached hydrogen (secondary N) is 1. The lowest BCUT2D eigenvalue weighted by Gasteiger charge is -2.36. The van der Waals surface area contributed by atoms with Crippen molar-refractivity contribution in [2.75, 3.05) is 30.3 Å². The Morgan fingerprint density at radius 3 is 2.74 bits per heavy atom. The number of sulfonamides is 1. The Morgan fingerprint density at radius 2 is 2.04 bits per heavy atom. The Labute approximate surface area is 162 Å². The third-order valence-electron chi connectivity index (χ3n) is 7.49. The molecule has 27 heavy (non-hydrogen) atoms. The Balaban J connectivity index is 1.40. The molecule has 0 radical (unpaired) electrons. The number of hydrogen-bond donors (Lipinski definition) is 1. The minimum absolute atomic E-state index is 0.0566. The summed E-state index contributed by atoms with van der Waals surface area (Å²) in [5.41, 5.74) is 1.64. The van der Waals surface area contributed by atoms with Crippen LogP contribution < -0.4 is 9.62 Å². The fourth-order valence-corrected chi connectivity index (χ4v) is 7.49. The number of Topliss-reactive ketones (excluding diaryl/α,β-unsaturated/α-hetero) is 1. The van der Waals surface area contributed by atoms with Crippen molar-refractivity contribution in [1.29, 1.82) is 0 Å². The van der Waals surface area contributed by atoms with Crippen molar-refractivity contribution in [3.05, 3.63) is 29.8 Å². The van der Waals surface area contributed by atoms with Crippen LogP contribution >= 0.6 is 0 Å². The van der Waals surface area contributed by atoms with Gasteiger partial charge in [0.1, 0.15) is 5.78 Å². The van der Waals surface area contributed by atoms with Gasteiger partial charge in [-0.2, -0.15) is 0 Å². The molecule has 0 saturated heterocycles. The highest BCUT2D eigenvalue weighted by molar-refractivity contribution is 7.89. The molecule has 2 atom stereocenters. The summed E-state index contributed by atoms with van der Waals surface area (Å²) in [6, 6.07) is 8.35. The zero-order chi connectivity index (χ0) is 19.3. The zero-order valence-corrected chi connectivity index (χ0v) is 17.1. The van der Waals surface area contributed by atoms with E-state index >= 15 is 0 Å². The quantitative estimate of drug-likeness (QED) is 0.811. The SMILES string of the molecule is CC1(C)[C@H]2CC[C@@]1(CS(=O)(=O)NCCN1CCCc3ccccc31)C(=O)C2. The number of hydrogen-bond acceptors (Lipinski definition) is 4. The van der Waals surface area contributed by atoms with Gasteiger partial charge < -0.3 is 4.90 Å². The van der Waals surface area contributed by atoms with Crippen LogP contribution in [-0.2, 0) is 21.2 Å². The summed E-state index contributed by atoms with van der Waals surface area (Å²) in [7, 11) is -3.49. The van der Waals surface area contributed by atoms with Gasteiger partial charge in [0, 0.05) is 37.2 Å². The van der Waals surface area contributed by atoms with Gasteiger partial charge in [0.25, 0.3) is 0 Å². The van der Waals surface area contributed by atoms with Gasteiger partial charge in [-0.1, -0.05) is 32.0 Å². The van der Waals surface area contributed by atoms with Gasteiger partial charge in [-0.25, -0.2) is 13.1 Å². The van der Waals surface area contributed by atoms with Gasteiger partial charge in [-0.3, -0.25) is 4.79 Å². The molecular formula is C21H30N2O3S. The van der Waals surface area contributed by atoms with Crippen LogP contribution in [0.2, 0.25) is 0 Å². The third-order valence-corrected chi connectivity index (χ3v) is 9.00. The summed E-state index contributed by atoms with van der Waals surface area (Å²) in [4.78, 5) is 14.9. The van der Waals surface area contributed by atoms with E-state index < -0.39 is 15.4 Å². The normalized spacial score (nSPS) is 29.2. The summed E-state index contributed by atoms with van der Waals surface area (Å²) in [5, 5.41) is 0. The van der Waals surface area contributed by atoms with Crippen molar-refractivity contribution in [1.82, 2.24) is 4.72 Å². The first-order valence-electron chi connectivity index (χ1n) is 10.1. The van der Waals surface area contributed by atoms with Crippen LogP contribution in [0, 0.1) is 16.7 Å². The van der Waals surface area contributed by atoms with E-state index in [2.05, 4.69) is 41.7 Å². The maximum absolute atomic E-state index is 12.8. The van der Waals surface area contributed by atoms with Gasteiger partial charge in [0.05, 0.1) is 5.75 Å². The van der Waals surface area contributed by atoms with E-state index in [0.29, 0.717) is 31.8 Å². The van der Waals surface area contributed by atoms with E-state index in [1.54, 1.807) is 0 Å². The molecule has 0 unspecified atom stereocenters. The van der Waals surface area contributed by atoms with Crippen molar-refractivity contribution in [2.24, 2.45) is 16.7 Å². The second-order valence-electron chi connectivity index (χ2n) is 9.04. The maximum atomic E-state index is 12.8. The zero-order valence-electron chi connectivity index (χ0n) is 16.3. The summed E-state index contributed by atoms with van der Waals surface area (Å²) in [6.07, 6.45) is 4.41. The molecule has 6 heteroatoms. The van der Waals surface area contributed by atoms with Gasteiger partial charge in [0.2, 0.25) is 10.0 Å². The molecule has 2 bridgehead atoms. The van der Waals surface area contributed by atoms with E-state index in [9.17, 15) is 13.2 Å². The number of benzene rings is 1. The third kappa shape index (κ3) is 3.11. The minimum atomic E-state index is -3.49. The van der Waals surface area contributed by atoms with Crippen LogP contribution in [0.1, 0.15) is 45.1 Å². The topological polar surface area (TPSA) is 66.5 Å². The van der Waals surface area contributed by atoms with E-state index in [1.807, 2.05) is 6.07 Å². The standard InChI is InChI=1S/C21H30N2O3S/c1-20(2)17-9-10-21(20,19(24)14-17)15-27(25,26)22-11-13-23-12-5-7-16-6-3-4-8-18(16)23/h3-4,6,8,17,22H,5,7,9-15H2,1-2H3/t17-,21+/m0/s1. The maximum Gasteiger partial charge on any atom is 0.212 e. The van der Waals surface area contributed by atoms with Crippen molar-refractivity contribution in [2.45, 2.75) is 46.0 Å². The highest BCUT2D eigenvalue weighted by atomic mass is 32.2. The van der Waals surface area contributed by atoms with Gasteiger partial charge in [-0.05, 0) is 48.6 Å². The van der Waals surface area contributed by atoms with Crippen LogP contribution in [0.25, 0.3) is 0 Å². The molecule has 1 aromatic carbocycles. The molecule has 1 heterocycles. The number of fused-ring (bicyclic) bond motifs is 3. The first-order valence-corrected chi connectivity index (χ1v) is 11.7. The molecule has 1 aliphatic heterocycles. The van der Waals surface area contributed by atoms with Gasteiger partial charge >= 0.3 is 0 Å². The van der Waals surface area contributed by atoms with Gasteiger partial charge in [-0.15, -0.1) is 0 Å². The molecule has 1 N–H and O–H groups in total. The number of carbonyl (C=O) groups excluding carboxylic acids is 1. The molecule has 1 aromatic rings. The van der Waals surface area contributed by atoms with E-state index in [0.717, 1.165) is 25.8 Å². The molecule has 0 aromatic heterocycles. The second kappa shape index (κ2) is 6.59. The average Bonchev–Trinajstić information content (AvgIpc) is 2.95. The minimum Gasteiger partial charge on any atom is -0.370 e. The Morgan fingerprint density at radius 1 is 1.26 bits per heavy atom. The first kappa shape index (κ1) is 18.9. The van der Waals surface area contributed by atoms with Gasteiger partial charge in [0.15, 0.2) is 0 Å². The van der Waals surface area contributed by atoms with Crippen LogP contribution in [-0.4, -0.2) is 39.6 Å². The smallest absolute Gasteiger partial charge is 0.212 e. The molecule has 0 amide bonds. The molecule has 2 fully saturated rings. The van der Waals surface area contributed by atoms with Crippen molar-refractivity contribution < 1.29 is 13.2 Å². The number of anilines is 1. The van der Waals surface area contributed by atoms with Crippen LogP contribution in [0.3, 0.4) is 0 Å². The molecule has 3 aliphatic rings. The molecule has 0 spiro atoms. The van der Waals surface area contributed by atoms with Crippen molar-refractivity contribution in [3.8, 4) is 0 Å². The number of ketones is 1.